The van der Waals surface area contributed by atoms with Crippen LogP contribution < -0.4 is 10.3 Å². The van der Waals surface area contributed by atoms with Crippen molar-refractivity contribution >= 4 is 17.3 Å². The van der Waals surface area contributed by atoms with Gasteiger partial charge in [0, 0.05) is 23.5 Å². The zero-order chi connectivity index (χ0) is 19.1. The molecule has 1 amide bonds. The number of nitrogens with zero attached hydrogens (tertiary/aromatic N) is 2. The topological polar surface area (TPSA) is 61.8 Å². The van der Waals surface area contributed by atoms with Crippen LogP contribution >= 0.6 is 0 Å². The van der Waals surface area contributed by atoms with E-state index in [1.807, 2.05) is 23.6 Å². The number of anilines is 1. The summed E-state index contributed by atoms with van der Waals surface area (Å²) in [6, 6.07) is 17.9. The lowest BCUT2D eigenvalue weighted by molar-refractivity contribution is 0.0954. The normalized spacial score (nSPS) is 12.4. The van der Waals surface area contributed by atoms with Crippen LogP contribution in [0.2, 0.25) is 0 Å². The Morgan fingerprint density at radius 2 is 1.67 bits per heavy atom. The van der Waals surface area contributed by atoms with Gasteiger partial charge in [0.05, 0.1) is 5.29 Å². The smallest absolute Gasteiger partial charge is 0.273 e. The lowest BCUT2D eigenvalue weighted by Gasteiger charge is -2.28. The molecule has 5 heteroatoms. The standard InChI is InChI=1S/C22H25N3O2/c1-2-3-7-16-25(20-8-5-4-6-9-20)21(17-10-11-17)18-12-14-19(15-13-18)22(26)23-24-27/h4-6,8-9,12-15H,2-3,7,10-11,16H2,1H3,(H,23,26,27). The van der Waals surface area contributed by atoms with Crippen molar-refractivity contribution in [2.24, 2.45) is 5.29 Å². The number of carbonyl (C=O) groups excluding carboxylic acids is 1. The second-order valence-electron chi connectivity index (χ2n) is 6.76. The van der Waals surface area contributed by atoms with E-state index in [2.05, 4.69) is 41.4 Å². The zero-order valence-electron chi connectivity index (χ0n) is 15.6. The highest BCUT2D eigenvalue weighted by atomic mass is 16.3. The van der Waals surface area contributed by atoms with E-state index in [0.29, 0.717) is 5.56 Å². The Morgan fingerprint density at radius 1 is 1.00 bits per heavy atom. The molecule has 0 aromatic heterocycles. The first-order chi connectivity index (χ1) is 13.2. The third-order valence-corrected chi connectivity index (χ3v) is 4.73. The van der Waals surface area contributed by atoms with Crippen LogP contribution in [-0.2, 0) is 0 Å². The van der Waals surface area contributed by atoms with Crippen LogP contribution in [0.4, 0.5) is 5.69 Å². The quantitative estimate of drug-likeness (QED) is 0.373. The Balaban J connectivity index is 1.92. The third-order valence-electron chi connectivity index (χ3n) is 4.73. The second kappa shape index (κ2) is 9.12. The highest BCUT2D eigenvalue weighted by molar-refractivity contribution is 5.94. The van der Waals surface area contributed by atoms with E-state index in [4.69, 9.17) is 0 Å². The molecule has 5 nitrogen and oxygen atoms in total. The molecule has 1 aliphatic rings. The Kier molecular flexibility index (Phi) is 6.36. The molecular weight excluding hydrogens is 338 g/mol. The summed E-state index contributed by atoms with van der Waals surface area (Å²) < 4.78 is 0. The number of allylic oxidation sites excluding steroid dienone is 1. The van der Waals surface area contributed by atoms with Crippen molar-refractivity contribution in [3.8, 4) is 0 Å². The summed E-state index contributed by atoms with van der Waals surface area (Å²) in [5.41, 5.74) is 7.34. The molecule has 0 radical (unpaired) electrons. The van der Waals surface area contributed by atoms with Gasteiger partial charge in [-0.2, -0.15) is 0 Å². The fraction of sp³-hybridized carbons (Fsp3) is 0.318. The maximum atomic E-state index is 11.8. The maximum Gasteiger partial charge on any atom is 0.273 e. The van der Waals surface area contributed by atoms with Crippen molar-refractivity contribution in [1.82, 2.24) is 5.43 Å². The van der Waals surface area contributed by atoms with Crippen molar-refractivity contribution in [3.63, 3.8) is 0 Å². The number of carbonyl (C=O) groups is 1. The van der Waals surface area contributed by atoms with E-state index in [1.165, 1.54) is 29.8 Å². The van der Waals surface area contributed by atoms with Crippen molar-refractivity contribution in [3.05, 3.63) is 76.2 Å². The molecule has 0 bridgehead atoms. The van der Waals surface area contributed by atoms with Crippen molar-refractivity contribution in [2.45, 2.75) is 39.0 Å². The number of nitrogens with one attached hydrogen (secondary N) is 1. The van der Waals surface area contributed by atoms with Crippen LogP contribution in [0.5, 0.6) is 0 Å². The number of nitroso groups, excluding NO2 is 1. The van der Waals surface area contributed by atoms with E-state index in [9.17, 15) is 9.70 Å². The summed E-state index contributed by atoms with van der Waals surface area (Å²) in [4.78, 5) is 24.4. The summed E-state index contributed by atoms with van der Waals surface area (Å²) in [5, 5.41) is 2.45. The van der Waals surface area contributed by atoms with Crippen LogP contribution in [-0.4, -0.2) is 12.5 Å². The molecule has 2 aromatic carbocycles. The van der Waals surface area contributed by atoms with Crippen LogP contribution in [0.25, 0.3) is 5.70 Å². The number of hydrogen-bond acceptors (Lipinski definition) is 4. The molecule has 0 unspecified atom stereocenters. The molecule has 27 heavy (non-hydrogen) atoms. The lowest BCUT2D eigenvalue weighted by Crippen LogP contribution is -2.23. The first kappa shape index (κ1) is 18.8. The highest BCUT2D eigenvalue weighted by Gasteiger charge is 2.24. The van der Waals surface area contributed by atoms with E-state index in [0.717, 1.165) is 31.4 Å². The van der Waals surface area contributed by atoms with Gasteiger partial charge in [0.1, 0.15) is 0 Å². The SMILES string of the molecule is CCCCCN(C(=C1CC1)c1ccc(C(=O)NN=O)cc1)c1ccccc1. The number of hydrogen-bond donors (Lipinski definition) is 1. The number of rotatable bonds is 9. The summed E-state index contributed by atoms with van der Waals surface area (Å²) in [6.45, 7) is 3.18. The first-order valence-corrected chi connectivity index (χ1v) is 9.52. The fourth-order valence-electron chi connectivity index (χ4n) is 3.23. The predicted molar refractivity (Wildman–Crippen MR) is 109 cm³/mol. The molecule has 0 saturated heterocycles. The average Bonchev–Trinajstić information content (AvgIpc) is 3.53. The fourth-order valence-corrected chi connectivity index (χ4v) is 3.23. The van der Waals surface area contributed by atoms with E-state index < -0.39 is 5.91 Å². The van der Waals surface area contributed by atoms with Gasteiger partial charge in [-0.3, -0.25) is 4.79 Å². The van der Waals surface area contributed by atoms with Crippen LogP contribution in [0, 0.1) is 4.91 Å². The Bertz CT molecular complexity index is 807. The van der Waals surface area contributed by atoms with Crippen LogP contribution in [0.15, 0.2) is 65.5 Å². The molecule has 1 aliphatic carbocycles. The molecule has 1 saturated carbocycles. The van der Waals surface area contributed by atoms with Gasteiger partial charge in [-0.05, 0) is 54.7 Å². The highest BCUT2D eigenvalue weighted by Crippen LogP contribution is 2.40. The van der Waals surface area contributed by atoms with E-state index in [-0.39, 0.29) is 0 Å². The van der Waals surface area contributed by atoms with Gasteiger partial charge in [-0.1, -0.05) is 50.1 Å². The molecule has 140 valence electrons. The summed E-state index contributed by atoms with van der Waals surface area (Å²) in [7, 11) is 0. The molecule has 0 spiro atoms. The Morgan fingerprint density at radius 3 is 2.26 bits per heavy atom. The van der Waals surface area contributed by atoms with Crippen LogP contribution in [0.1, 0.15) is 54.9 Å². The van der Waals surface area contributed by atoms with Crippen molar-refractivity contribution < 1.29 is 4.79 Å². The lowest BCUT2D eigenvalue weighted by atomic mass is 10.1. The molecule has 1 fully saturated rings. The molecule has 2 aromatic rings. The van der Waals surface area contributed by atoms with Gasteiger partial charge in [-0.25, -0.2) is 5.43 Å². The van der Waals surface area contributed by atoms with Gasteiger partial charge < -0.3 is 4.90 Å². The van der Waals surface area contributed by atoms with Gasteiger partial charge in [0.15, 0.2) is 0 Å². The summed E-state index contributed by atoms with van der Waals surface area (Å²) in [6.07, 6.45) is 5.74. The number of unbranched alkanes of at least 4 members (excludes halogenated alkanes) is 2. The van der Waals surface area contributed by atoms with Crippen molar-refractivity contribution in [2.75, 3.05) is 11.4 Å². The molecule has 0 atom stereocenters. The molecule has 0 heterocycles. The minimum absolute atomic E-state index is 0.427. The van der Waals surface area contributed by atoms with Gasteiger partial charge in [0.25, 0.3) is 5.91 Å². The largest absolute Gasteiger partial charge is 0.341 e. The maximum absolute atomic E-state index is 11.8. The summed E-state index contributed by atoms with van der Waals surface area (Å²) >= 11 is 0. The van der Waals surface area contributed by atoms with Gasteiger partial charge in [-0.15, -0.1) is 4.91 Å². The second-order valence-corrected chi connectivity index (χ2v) is 6.76. The minimum Gasteiger partial charge on any atom is -0.341 e. The number of benzene rings is 2. The minimum atomic E-state index is -0.486. The van der Waals surface area contributed by atoms with E-state index in [1.54, 1.807) is 12.1 Å². The molecule has 0 aliphatic heterocycles. The first-order valence-electron chi connectivity index (χ1n) is 9.52. The van der Waals surface area contributed by atoms with E-state index >= 15 is 0 Å². The molecule has 1 N–H and O–H groups in total. The number of amides is 1. The average molecular weight is 363 g/mol. The van der Waals surface area contributed by atoms with Gasteiger partial charge in [0.2, 0.25) is 0 Å². The molecular formula is C22H25N3O2. The van der Waals surface area contributed by atoms with Crippen LogP contribution in [0.3, 0.4) is 0 Å². The van der Waals surface area contributed by atoms with Gasteiger partial charge >= 0.3 is 0 Å². The Hall–Kier alpha value is -2.95. The van der Waals surface area contributed by atoms with Crippen molar-refractivity contribution in [1.29, 1.82) is 0 Å². The summed E-state index contributed by atoms with van der Waals surface area (Å²) in [5.74, 6) is -0.486. The zero-order valence-corrected chi connectivity index (χ0v) is 15.6. The molecule has 3 rings (SSSR count). The monoisotopic (exact) mass is 363 g/mol. The predicted octanol–water partition coefficient (Wildman–Crippen LogP) is 5.30. The Labute approximate surface area is 160 Å². The third kappa shape index (κ3) is 4.82. The number of para-hydroxylation sites is 1.